The predicted octanol–water partition coefficient (Wildman–Crippen LogP) is 4.03. The minimum absolute atomic E-state index is 0.000139. The van der Waals surface area contributed by atoms with Gasteiger partial charge in [0.05, 0.1) is 6.04 Å². The molecule has 2 heteroatoms. The second-order valence-corrected chi connectivity index (χ2v) is 5.49. The first kappa shape index (κ1) is 12.3. The molecule has 1 atom stereocenters. The van der Waals surface area contributed by atoms with Crippen LogP contribution in [-0.2, 0) is 0 Å². The SMILES string of the molecule is Cc1cc(C)c(C)c(C(N)c2ccsc2)c1C. The smallest absolute Gasteiger partial charge is 0.0565 e. The Morgan fingerprint density at radius 2 is 1.65 bits per heavy atom. The predicted molar refractivity (Wildman–Crippen MR) is 75.7 cm³/mol. The lowest BCUT2D eigenvalue weighted by Crippen LogP contribution is -2.15. The van der Waals surface area contributed by atoms with Gasteiger partial charge in [0, 0.05) is 0 Å². The molecule has 1 aromatic carbocycles. The second kappa shape index (κ2) is 4.63. The van der Waals surface area contributed by atoms with Gasteiger partial charge in [-0.05, 0) is 77.9 Å². The first-order valence-corrected chi connectivity index (χ1v) is 6.81. The zero-order valence-corrected chi connectivity index (χ0v) is 11.7. The summed E-state index contributed by atoms with van der Waals surface area (Å²) in [5, 5.41) is 4.23. The van der Waals surface area contributed by atoms with Crippen LogP contribution in [0.1, 0.15) is 39.4 Å². The number of rotatable bonds is 2. The van der Waals surface area contributed by atoms with Gasteiger partial charge in [-0.25, -0.2) is 0 Å². The molecule has 0 amide bonds. The highest BCUT2D eigenvalue weighted by molar-refractivity contribution is 7.08. The topological polar surface area (TPSA) is 26.0 Å². The Morgan fingerprint density at radius 1 is 1.06 bits per heavy atom. The van der Waals surface area contributed by atoms with Crippen molar-refractivity contribution in [2.24, 2.45) is 5.73 Å². The fourth-order valence-electron chi connectivity index (χ4n) is 2.33. The normalized spacial score (nSPS) is 12.8. The molecule has 2 rings (SSSR count). The summed E-state index contributed by atoms with van der Waals surface area (Å²) in [6.45, 7) is 8.66. The quantitative estimate of drug-likeness (QED) is 0.849. The van der Waals surface area contributed by atoms with E-state index in [-0.39, 0.29) is 6.04 Å². The van der Waals surface area contributed by atoms with Crippen LogP contribution >= 0.6 is 11.3 Å². The van der Waals surface area contributed by atoms with Crippen molar-refractivity contribution in [1.29, 1.82) is 0 Å². The molecule has 0 bridgehead atoms. The van der Waals surface area contributed by atoms with E-state index in [0.29, 0.717) is 0 Å². The summed E-state index contributed by atoms with van der Waals surface area (Å²) in [7, 11) is 0. The molecule has 1 unspecified atom stereocenters. The molecule has 0 saturated carbocycles. The summed E-state index contributed by atoms with van der Waals surface area (Å²) < 4.78 is 0. The molecule has 0 aliphatic rings. The maximum Gasteiger partial charge on any atom is 0.0565 e. The van der Waals surface area contributed by atoms with Crippen molar-refractivity contribution in [2.45, 2.75) is 33.7 Å². The third-order valence-electron chi connectivity index (χ3n) is 3.64. The van der Waals surface area contributed by atoms with E-state index in [1.54, 1.807) is 11.3 Å². The van der Waals surface area contributed by atoms with Crippen molar-refractivity contribution >= 4 is 11.3 Å². The average molecular weight is 245 g/mol. The molecule has 1 aromatic heterocycles. The molecule has 2 aromatic rings. The molecular weight excluding hydrogens is 226 g/mol. The van der Waals surface area contributed by atoms with E-state index in [2.05, 4.69) is 50.6 Å². The lowest BCUT2D eigenvalue weighted by molar-refractivity contribution is 0.850. The van der Waals surface area contributed by atoms with Crippen molar-refractivity contribution in [2.75, 3.05) is 0 Å². The Labute approximate surface area is 107 Å². The minimum atomic E-state index is -0.000139. The standard InChI is InChI=1S/C15H19NS/c1-9-7-10(2)12(4)14(11(9)3)15(16)13-5-6-17-8-13/h5-8,15H,16H2,1-4H3. The average Bonchev–Trinajstić information content (AvgIpc) is 2.80. The molecule has 0 aliphatic heterocycles. The number of benzene rings is 1. The first-order chi connectivity index (χ1) is 8.02. The molecule has 2 N–H and O–H groups in total. The number of aryl methyl sites for hydroxylation is 2. The van der Waals surface area contributed by atoms with Crippen LogP contribution in [-0.4, -0.2) is 0 Å². The molecule has 0 spiro atoms. The Balaban J connectivity index is 2.59. The molecule has 0 radical (unpaired) electrons. The summed E-state index contributed by atoms with van der Waals surface area (Å²) in [6, 6.07) is 4.36. The van der Waals surface area contributed by atoms with Crippen LogP contribution in [0.5, 0.6) is 0 Å². The van der Waals surface area contributed by atoms with Crippen LogP contribution in [0.25, 0.3) is 0 Å². The first-order valence-electron chi connectivity index (χ1n) is 5.87. The van der Waals surface area contributed by atoms with Crippen LogP contribution in [0.2, 0.25) is 0 Å². The molecule has 1 heterocycles. The van der Waals surface area contributed by atoms with Gasteiger partial charge in [-0.2, -0.15) is 11.3 Å². The van der Waals surface area contributed by atoms with E-state index in [1.807, 2.05) is 0 Å². The Hall–Kier alpha value is -1.12. The van der Waals surface area contributed by atoms with Gasteiger partial charge in [-0.3, -0.25) is 0 Å². The third-order valence-corrected chi connectivity index (χ3v) is 4.34. The fourth-order valence-corrected chi connectivity index (χ4v) is 3.03. The number of thiophene rings is 1. The van der Waals surface area contributed by atoms with E-state index >= 15 is 0 Å². The number of nitrogens with two attached hydrogens (primary N) is 1. The van der Waals surface area contributed by atoms with Crippen LogP contribution in [0.15, 0.2) is 22.9 Å². The van der Waals surface area contributed by atoms with E-state index < -0.39 is 0 Å². The molecular formula is C15H19NS. The Kier molecular flexibility index (Phi) is 3.36. The van der Waals surface area contributed by atoms with E-state index in [4.69, 9.17) is 5.73 Å². The van der Waals surface area contributed by atoms with Crippen LogP contribution in [0, 0.1) is 27.7 Å². The van der Waals surface area contributed by atoms with Gasteiger partial charge in [-0.15, -0.1) is 0 Å². The molecule has 1 nitrogen and oxygen atoms in total. The van der Waals surface area contributed by atoms with Gasteiger partial charge in [0.25, 0.3) is 0 Å². The van der Waals surface area contributed by atoms with Crippen LogP contribution < -0.4 is 5.73 Å². The van der Waals surface area contributed by atoms with E-state index in [9.17, 15) is 0 Å². The summed E-state index contributed by atoms with van der Waals surface area (Å²) >= 11 is 1.70. The molecule has 0 aliphatic carbocycles. The van der Waals surface area contributed by atoms with Crippen molar-refractivity contribution in [3.63, 3.8) is 0 Å². The largest absolute Gasteiger partial charge is 0.320 e. The summed E-state index contributed by atoms with van der Waals surface area (Å²) in [5.41, 5.74) is 14.2. The molecule has 0 fully saturated rings. The summed E-state index contributed by atoms with van der Waals surface area (Å²) in [4.78, 5) is 0. The maximum atomic E-state index is 6.41. The number of hydrogen-bond acceptors (Lipinski definition) is 2. The highest BCUT2D eigenvalue weighted by Crippen LogP contribution is 2.30. The van der Waals surface area contributed by atoms with Gasteiger partial charge in [-0.1, -0.05) is 6.07 Å². The van der Waals surface area contributed by atoms with Crippen LogP contribution in [0.4, 0.5) is 0 Å². The van der Waals surface area contributed by atoms with Gasteiger partial charge in [0.15, 0.2) is 0 Å². The van der Waals surface area contributed by atoms with Crippen molar-refractivity contribution in [3.05, 3.63) is 56.3 Å². The highest BCUT2D eigenvalue weighted by Gasteiger charge is 2.16. The molecule has 90 valence electrons. The van der Waals surface area contributed by atoms with Gasteiger partial charge < -0.3 is 5.73 Å². The van der Waals surface area contributed by atoms with Crippen molar-refractivity contribution in [3.8, 4) is 0 Å². The zero-order chi connectivity index (χ0) is 12.6. The summed E-state index contributed by atoms with van der Waals surface area (Å²) in [5.74, 6) is 0. The molecule has 17 heavy (non-hydrogen) atoms. The van der Waals surface area contributed by atoms with E-state index in [1.165, 1.54) is 33.4 Å². The highest BCUT2D eigenvalue weighted by atomic mass is 32.1. The fraction of sp³-hybridized carbons (Fsp3) is 0.333. The zero-order valence-electron chi connectivity index (χ0n) is 10.9. The lowest BCUT2D eigenvalue weighted by atomic mass is 9.88. The Morgan fingerprint density at radius 3 is 2.12 bits per heavy atom. The summed E-state index contributed by atoms with van der Waals surface area (Å²) in [6.07, 6.45) is 0. The monoisotopic (exact) mass is 245 g/mol. The number of hydrogen-bond donors (Lipinski definition) is 1. The van der Waals surface area contributed by atoms with Gasteiger partial charge in [0.2, 0.25) is 0 Å². The second-order valence-electron chi connectivity index (χ2n) is 4.71. The third kappa shape index (κ3) is 2.15. The maximum absolute atomic E-state index is 6.41. The Bertz CT molecular complexity index is 500. The lowest BCUT2D eigenvalue weighted by Gasteiger charge is -2.20. The van der Waals surface area contributed by atoms with Gasteiger partial charge in [0.1, 0.15) is 0 Å². The van der Waals surface area contributed by atoms with Crippen LogP contribution in [0.3, 0.4) is 0 Å². The minimum Gasteiger partial charge on any atom is -0.320 e. The van der Waals surface area contributed by atoms with Crippen molar-refractivity contribution in [1.82, 2.24) is 0 Å². The van der Waals surface area contributed by atoms with Crippen molar-refractivity contribution < 1.29 is 0 Å². The van der Waals surface area contributed by atoms with Gasteiger partial charge >= 0.3 is 0 Å². The van der Waals surface area contributed by atoms with E-state index in [0.717, 1.165) is 0 Å². The molecule has 0 saturated heterocycles.